The summed E-state index contributed by atoms with van der Waals surface area (Å²) in [5.41, 5.74) is 3.94. The Labute approximate surface area is 159 Å². The molecule has 1 saturated heterocycles. The lowest BCUT2D eigenvalue weighted by Gasteiger charge is -2.43. The van der Waals surface area contributed by atoms with Crippen molar-refractivity contribution in [2.75, 3.05) is 18.4 Å². The molecule has 1 spiro atoms. The number of rotatable bonds is 2. The van der Waals surface area contributed by atoms with Crippen molar-refractivity contribution >= 4 is 23.1 Å². The summed E-state index contributed by atoms with van der Waals surface area (Å²) >= 11 is 6.26. The maximum absolute atomic E-state index is 6.26. The second-order valence-electron chi connectivity index (χ2n) is 7.99. The van der Waals surface area contributed by atoms with Crippen LogP contribution in [-0.4, -0.2) is 18.9 Å². The SMILES string of the molecule is Clc1cccc(C2(N=C3Nc4ccccc4CC34CCNCC4)CC2)c1. The second-order valence-corrected chi connectivity index (χ2v) is 8.43. The topological polar surface area (TPSA) is 36.4 Å². The Bertz CT molecular complexity index is 863. The third-order valence-corrected chi connectivity index (χ3v) is 6.51. The minimum absolute atomic E-state index is 0.0859. The summed E-state index contributed by atoms with van der Waals surface area (Å²) in [6.07, 6.45) is 5.57. The maximum Gasteiger partial charge on any atom is 0.108 e. The van der Waals surface area contributed by atoms with E-state index in [-0.39, 0.29) is 11.0 Å². The Hall–Kier alpha value is -1.84. The van der Waals surface area contributed by atoms with E-state index in [1.165, 1.54) is 22.6 Å². The molecule has 3 nitrogen and oxygen atoms in total. The molecule has 134 valence electrons. The molecule has 0 unspecified atom stereocenters. The van der Waals surface area contributed by atoms with Gasteiger partial charge in [0.15, 0.2) is 0 Å². The number of hydrogen-bond acceptors (Lipinski definition) is 2. The van der Waals surface area contributed by atoms with Gasteiger partial charge in [0.2, 0.25) is 0 Å². The summed E-state index contributed by atoms with van der Waals surface area (Å²) in [7, 11) is 0. The standard InChI is InChI=1S/C22H24ClN3/c23-18-6-3-5-17(14-18)22(8-9-22)26-20-21(10-12-24-13-11-21)15-16-4-1-2-7-19(16)25-20/h1-7,14,24H,8-13,15H2,(H,25,26). The average Bonchev–Trinajstić information content (AvgIpc) is 3.44. The lowest BCUT2D eigenvalue weighted by Crippen LogP contribution is -2.49. The van der Waals surface area contributed by atoms with Crippen molar-refractivity contribution in [1.82, 2.24) is 5.32 Å². The van der Waals surface area contributed by atoms with Gasteiger partial charge in [0.1, 0.15) is 5.84 Å². The fourth-order valence-corrected chi connectivity index (χ4v) is 4.74. The third-order valence-electron chi connectivity index (χ3n) is 6.27. The molecule has 0 amide bonds. The fraction of sp³-hybridized carbons (Fsp3) is 0.409. The Morgan fingerprint density at radius 1 is 0.923 bits per heavy atom. The number of piperidine rings is 1. The summed E-state index contributed by atoms with van der Waals surface area (Å²) in [4.78, 5) is 5.39. The Balaban J connectivity index is 1.58. The summed E-state index contributed by atoms with van der Waals surface area (Å²) in [5.74, 6) is 1.19. The van der Waals surface area contributed by atoms with Gasteiger partial charge in [-0.1, -0.05) is 41.9 Å². The van der Waals surface area contributed by atoms with Crippen LogP contribution in [0, 0.1) is 5.41 Å². The fourth-order valence-electron chi connectivity index (χ4n) is 4.55. The minimum Gasteiger partial charge on any atom is -0.343 e. The average molecular weight is 366 g/mol. The van der Waals surface area contributed by atoms with Crippen molar-refractivity contribution in [1.29, 1.82) is 0 Å². The first-order valence-corrected chi connectivity index (χ1v) is 9.99. The quantitative estimate of drug-likeness (QED) is 0.804. The molecule has 3 aliphatic rings. The van der Waals surface area contributed by atoms with Gasteiger partial charge in [0, 0.05) is 16.1 Å². The first-order valence-electron chi connectivity index (χ1n) is 9.61. The molecule has 2 fully saturated rings. The van der Waals surface area contributed by atoms with Gasteiger partial charge < -0.3 is 10.6 Å². The van der Waals surface area contributed by atoms with Gasteiger partial charge in [-0.15, -0.1) is 0 Å². The van der Waals surface area contributed by atoms with Crippen LogP contribution in [0.25, 0.3) is 0 Å². The summed E-state index contributed by atoms with van der Waals surface area (Å²) < 4.78 is 0. The molecule has 2 N–H and O–H groups in total. The first kappa shape index (κ1) is 16.3. The number of hydrogen-bond donors (Lipinski definition) is 2. The number of para-hydroxylation sites is 1. The molecule has 0 bridgehead atoms. The molecule has 4 heteroatoms. The van der Waals surface area contributed by atoms with E-state index in [0.717, 1.165) is 50.2 Å². The monoisotopic (exact) mass is 365 g/mol. The highest BCUT2D eigenvalue weighted by atomic mass is 35.5. The lowest BCUT2D eigenvalue weighted by molar-refractivity contribution is 0.292. The van der Waals surface area contributed by atoms with E-state index in [0.29, 0.717) is 0 Å². The van der Waals surface area contributed by atoms with Crippen LogP contribution in [0.1, 0.15) is 36.8 Å². The van der Waals surface area contributed by atoms with Crippen molar-refractivity contribution in [3.05, 3.63) is 64.7 Å². The molecule has 1 saturated carbocycles. The van der Waals surface area contributed by atoms with Gasteiger partial charge in [0.25, 0.3) is 0 Å². The lowest BCUT2D eigenvalue weighted by atomic mass is 9.70. The highest BCUT2D eigenvalue weighted by Crippen LogP contribution is 2.52. The van der Waals surface area contributed by atoms with Crippen LogP contribution in [0.4, 0.5) is 5.69 Å². The molecule has 2 aliphatic heterocycles. The predicted octanol–water partition coefficient (Wildman–Crippen LogP) is 4.77. The second kappa shape index (κ2) is 6.11. The van der Waals surface area contributed by atoms with Crippen molar-refractivity contribution in [3.8, 4) is 0 Å². The smallest absolute Gasteiger partial charge is 0.108 e. The highest BCUT2D eigenvalue weighted by Gasteiger charge is 2.48. The Morgan fingerprint density at radius 3 is 2.50 bits per heavy atom. The summed E-state index contributed by atoms with van der Waals surface area (Å²) in [6.45, 7) is 2.13. The van der Waals surface area contributed by atoms with Gasteiger partial charge in [-0.05, 0) is 74.5 Å². The molecule has 2 aromatic carbocycles. The van der Waals surface area contributed by atoms with Crippen LogP contribution in [0.15, 0.2) is 53.5 Å². The van der Waals surface area contributed by atoms with Gasteiger partial charge in [0.05, 0.1) is 5.54 Å². The van der Waals surface area contributed by atoms with E-state index in [4.69, 9.17) is 16.6 Å². The zero-order chi connectivity index (χ0) is 17.6. The highest BCUT2D eigenvalue weighted by molar-refractivity contribution is 6.30. The van der Waals surface area contributed by atoms with Gasteiger partial charge in [-0.25, -0.2) is 0 Å². The number of amidine groups is 1. The van der Waals surface area contributed by atoms with E-state index in [1.54, 1.807) is 0 Å². The van der Waals surface area contributed by atoms with E-state index in [1.807, 2.05) is 12.1 Å². The van der Waals surface area contributed by atoms with Crippen molar-refractivity contribution < 1.29 is 0 Å². The Morgan fingerprint density at radius 2 is 1.73 bits per heavy atom. The molecular weight excluding hydrogens is 342 g/mol. The molecule has 1 aliphatic carbocycles. The molecule has 2 heterocycles. The van der Waals surface area contributed by atoms with E-state index < -0.39 is 0 Å². The van der Waals surface area contributed by atoms with Gasteiger partial charge >= 0.3 is 0 Å². The number of benzene rings is 2. The summed E-state index contributed by atoms with van der Waals surface area (Å²) in [6, 6.07) is 16.9. The van der Waals surface area contributed by atoms with Crippen LogP contribution >= 0.6 is 11.6 Å². The van der Waals surface area contributed by atoms with Crippen LogP contribution in [0.5, 0.6) is 0 Å². The molecule has 5 rings (SSSR count). The molecule has 0 aromatic heterocycles. The molecule has 0 atom stereocenters. The molecular formula is C22H24ClN3. The van der Waals surface area contributed by atoms with Crippen molar-refractivity contribution in [2.45, 2.75) is 37.6 Å². The zero-order valence-corrected chi connectivity index (χ0v) is 15.6. The van der Waals surface area contributed by atoms with Crippen LogP contribution in [0.2, 0.25) is 5.02 Å². The number of fused-ring (bicyclic) bond motifs is 1. The van der Waals surface area contributed by atoms with Gasteiger partial charge in [-0.2, -0.15) is 0 Å². The van der Waals surface area contributed by atoms with Crippen molar-refractivity contribution in [3.63, 3.8) is 0 Å². The minimum atomic E-state index is -0.0859. The van der Waals surface area contributed by atoms with Crippen LogP contribution in [-0.2, 0) is 12.0 Å². The predicted molar refractivity (Wildman–Crippen MR) is 108 cm³/mol. The molecule has 2 aromatic rings. The van der Waals surface area contributed by atoms with E-state index in [9.17, 15) is 0 Å². The number of nitrogens with one attached hydrogen (secondary N) is 2. The van der Waals surface area contributed by atoms with E-state index >= 15 is 0 Å². The first-order chi connectivity index (χ1) is 12.7. The maximum atomic E-state index is 6.26. The third kappa shape index (κ3) is 2.74. The van der Waals surface area contributed by atoms with Crippen molar-refractivity contribution in [2.24, 2.45) is 10.4 Å². The number of anilines is 1. The zero-order valence-electron chi connectivity index (χ0n) is 14.9. The number of halogens is 1. The largest absolute Gasteiger partial charge is 0.343 e. The Kier molecular flexibility index (Phi) is 3.84. The molecule has 0 radical (unpaired) electrons. The van der Waals surface area contributed by atoms with Gasteiger partial charge in [-0.3, -0.25) is 4.99 Å². The molecule has 26 heavy (non-hydrogen) atoms. The van der Waals surface area contributed by atoms with Crippen LogP contribution < -0.4 is 10.6 Å². The summed E-state index contributed by atoms with van der Waals surface area (Å²) in [5, 5.41) is 8.04. The van der Waals surface area contributed by atoms with Crippen LogP contribution in [0.3, 0.4) is 0 Å². The number of aliphatic imine (C=N–C) groups is 1. The van der Waals surface area contributed by atoms with E-state index in [2.05, 4.69) is 47.0 Å². The normalized spacial score (nSPS) is 24.1. The number of nitrogens with zero attached hydrogens (tertiary/aromatic N) is 1.